The Hall–Kier alpha value is -4.45. The zero-order chi connectivity index (χ0) is 28.6. The molecule has 1 saturated heterocycles. The number of hydrogen-bond acceptors (Lipinski definition) is 5. The molecule has 0 saturated carbocycles. The molecular formula is C34H34N2O4. The molecule has 1 aliphatic heterocycles. The van der Waals surface area contributed by atoms with Crippen LogP contribution in [0.1, 0.15) is 58.3 Å². The summed E-state index contributed by atoms with van der Waals surface area (Å²) < 4.78 is 11.6. The lowest BCUT2D eigenvalue weighted by atomic mass is 9.91. The highest BCUT2D eigenvalue weighted by Crippen LogP contribution is 2.39. The number of ketones is 1. The normalized spacial score (nSPS) is 16.6. The molecule has 3 aromatic carbocycles. The molecule has 1 aliphatic rings. The van der Waals surface area contributed by atoms with Crippen molar-refractivity contribution in [1.82, 2.24) is 9.88 Å². The van der Waals surface area contributed by atoms with E-state index in [4.69, 9.17) is 9.47 Å². The van der Waals surface area contributed by atoms with E-state index >= 15 is 0 Å². The molecule has 0 radical (unpaired) electrons. The van der Waals surface area contributed by atoms with Crippen LogP contribution in [0.15, 0.2) is 72.9 Å². The Morgan fingerprint density at radius 1 is 0.950 bits per heavy atom. The number of benzene rings is 3. The number of hydrogen-bond donors (Lipinski definition) is 0. The average Bonchev–Trinajstić information content (AvgIpc) is 3.21. The van der Waals surface area contributed by atoms with E-state index in [1.54, 1.807) is 25.1 Å². The van der Waals surface area contributed by atoms with Gasteiger partial charge in [0.25, 0.3) is 0 Å². The van der Waals surface area contributed by atoms with E-state index in [0.29, 0.717) is 12.1 Å². The first-order valence-corrected chi connectivity index (χ1v) is 13.5. The third-order valence-electron chi connectivity index (χ3n) is 7.68. The van der Waals surface area contributed by atoms with E-state index in [-0.39, 0.29) is 24.0 Å². The number of amides is 1. The lowest BCUT2D eigenvalue weighted by Gasteiger charge is -2.23. The summed E-state index contributed by atoms with van der Waals surface area (Å²) >= 11 is 0. The zero-order valence-electron chi connectivity index (χ0n) is 23.8. The lowest BCUT2D eigenvalue weighted by molar-refractivity contribution is 0.101. The molecule has 4 aromatic rings. The molecule has 6 nitrogen and oxygen atoms in total. The number of carbonyl (C=O) groups excluding carboxylic acids is 2. The molecule has 5 rings (SSSR count). The van der Waals surface area contributed by atoms with Gasteiger partial charge in [-0.25, -0.2) is 4.79 Å². The minimum atomic E-state index is -0.360. The molecule has 0 unspecified atom stereocenters. The predicted octanol–water partition coefficient (Wildman–Crippen LogP) is 7.63. The summed E-state index contributed by atoms with van der Waals surface area (Å²) in [6, 6.07) is 21.9. The van der Waals surface area contributed by atoms with Gasteiger partial charge >= 0.3 is 6.09 Å². The van der Waals surface area contributed by atoms with Crippen molar-refractivity contribution in [2.75, 3.05) is 7.11 Å². The molecule has 204 valence electrons. The SMILES string of the molecule is COc1ccc(-c2ccc(C(C)=O)cc2C)cc1-c1ccc(C)cc1CN1C(=O)O[C@H](c2ccnc(C)c2)[C@@H]1C. The molecule has 6 heteroatoms. The van der Waals surface area contributed by atoms with Crippen LogP contribution in [0.25, 0.3) is 22.3 Å². The van der Waals surface area contributed by atoms with Crippen LogP contribution >= 0.6 is 0 Å². The van der Waals surface area contributed by atoms with Crippen molar-refractivity contribution >= 4 is 11.9 Å². The molecule has 1 fully saturated rings. The quantitative estimate of drug-likeness (QED) is 0.228. The summed E-state index contributed by atoms with van der Waals surface area (Å²) in [5.74, 6) is 0.791. The van der Waals surface area contributed by atoms with Gasteiger partial charge in [-0.2, -0.15) is 0 Å². The van der Waals surface area contributed by atoms with E-state index in [2.05, 4.69) is 36.2 Å². The van der Waals surface area contributed by atoms with Gasteiger partial charge in [-0.15, -0.1) is 0 Å². The van der Waals surface area contributed by atoms with Gasteiger partial charge < -0.3 is 9.47 Å². The third kappa shape index (κ3) is 5.22. The van der Waals surface area contributed by atoms with Crippen LogP contribution in [0.3, 0.4) is 0 Å². The molecule has 40 heavy (non-hydrogen) atoms. The number of aromatic nitrogens is 1. The van der Waals surface area contributed by atoms with E-state index in [0.717, 1.165) is 56.0 Å². The molecular weight excluding hydrogens is 500 g/mol. The van der Waals surface area contributed by atoms with Gasteiger partial charge in [0.05, 0.1) is 19.7 Å². The first-order chi connectivity index (χ1) is 19.2. The number of methoxy groups -OCH3 is 1. The molecule has 2 atom stereocenters. The lowest BCUT2D eigenvalue weighted by Crippen LogP contribution is -2.31. The average molecular weight is 535 g/mol. The number of pyridine rings is 1. The topological polar surface area (TPSA) is 68.7 Å². The Balaban J connectivity index is 1.53. The fraction of sp³-hybridized carbons (Fsp3) is 0.265. The van der Waals surface area contributed by atoms with Gasteiger partial charge in [-0.05, 0) is 98.3 Å². The van der Waals surface area contributed by atoms with Crippen molar-refractivity contribution in [1.29, 1.82) is 0 Å². The number of Topliss-reactive ketones (excluding diaryl/α,β-unsaturated/α-hetero) is 1. The third-order valence-corrected chi connectivity index (χ3v) is 7.68. The minimum absolute atomic E-state index is 0.0466. The Bertz CT molecular complexity index is 1610. The van der Waals surface area contributed by atoms with Crippen LogP contribution < -0.4 is 4.74 Å². The standard InChI is InChI=1S/C34H34N2O4/c1-20-7-10-30(28(15-20)19-36-23(4)33(40-34(36)38)27-13-14-35-22(3)17-27)31-18-26(9-12-32(31)39-6)29-11-8-25(24(5)37)16-21(29)2/h7-18,23,33H,19H2,1-6H3/t23-,33-/m0/s1. The zero-order valence-corrected chi connectivity index (χ0v) is 23.8. The highest BCUT2D eigenvalue weighted by atomic mass is 16.6. The smallest absolute Gasteiger partial charge is 0.411 e. The highest BCUT2D eigenvalue weighted by molar-refractivity contribution is 5.95. The maximum atomic E-state index is 13.1. The number of nitrogens with zero attached hydrogens (tertiary/aromatic N) is 2. The van der Waals surface area contributed by atoms with Crippen LogP contribution in [0.2, 0.25) is 0 Å². The van der Waals surface area contributed by atoms with Crippen LogP contribution in [-0.2, 0) is 11.3 Å². The van der Waals surface area contributed by atoms with Crippen molar-refractivity contribution in [3.05, 3.63) is 106 Å². The fourth-order valence-electron chi connectivity index (χ4n) is 5.50. The van der Waals surface area contributed by atoms with E-state index in [1.165, 1.54) is 0 Å². The van der Waals surface area contributed by atoms with Gasteiger partial charge in [0.1, 0.15) is 11.9 Å². The van der Waals surface area contributed by atoms with Gasteiger partial charge in [0, 0.05) is 23.0 Å². The van der Waals surface area contributed by atoms with Crippen LogP contribution in [-0.4, -0.2) is 34.9 Å². The number of ether oxygens (including phenoxy) is 2. The summed E-state index contributed by atoms with van der Waals surface area (Å²) in [4.78, 5) is 31.1. The van der Waals surface area contributed by atoms with E-state index in [9.17, 15) is 9.59 Å². The molecule has 0 aliphatic carbocycles. The van der Waals surface area contributed by atoms with Crippen molar-refractivity contribution in [2.45, 2.75) is 53.3 Å². The monoisotopic (exact) mass is 534 g/mol. The number of aryl methyl sites for hydroxylation is 3. The van der Waals surface area contributed by atoms with Crippen molar-refractivity contribution < 1.29 is 19.1 Å². The van der Waals surface area contributed by atoms with Crippen LogP contribution in [0, 0.1) is 20.8 Å². The number of cyclic esters (lactones) is 1. The molecule has 1 aromatic heterocycles. The maximum absolute atomic E-state index is 13.1. The Labute approximate surface area is 235 Å². The van der Waals surface area contributed by atoms with E-state index < -0.39 is 0 Å². The number of carbonyl (C=O) groups is 2. The second-order valence-electron chi connectivity index (χ2n) is 10.6. The van der Waals surface area contributed by atoms with Gasteiger partial charge in [0.2, 0.25) is 0 Å². The molecule has 2 heterocycles. The summed E-state index contributed by atoms with van der Waals surface area (Å²) in [7, 11) is 1.67. The first-order valence-electron chi connectivity index (χ1n) is 13.5. The second kappa shape index (κ2) is 11.0. The fourth-order valence-corrected chi connectivity index (χ4v) is 5.50. The van der Waals surface area contributed by atoms with Crippen molar-refractivity contribution in [3.8, 4) is 28.0 Å². The predicted molar refractivity (Wildman–Crippen MR) is 157 cm³/mol. The summed E-state index contributed by atoms with van der Waals surface area (Å²) in [5, 5.41) is 0. The summed E-state index contributed by atoms with van der Waals surface area (Å²) in [5.41, 5.74) is 9.67. The van der Waals surface area contributed by atoms with Crippen LogP contribution in [0.4, 0.5) is 4.79 Å². The van der Waals surface area contributed by atoms with Gasteiger partial charge in [-0.1, -0.05) is 42.0 Å². The molecule has 0 spiro atoms. The van der Waals surface area contributed by atoms with E-state index in [1.807, 2.05) is 63.2 Å². The van der Waals surface area contributed by atoms with Gasteiger partial charge in [0.15, 0.2) is 5.78 Å². The molecule has 1 amide bonds. The Morgan fingerprint density at radius 3 is 2.42 bits per heavy atom. The minimum Gasteiger partial charge on any atom is -0.496 e. The maximum Gasteiger partial charge on any atom is 0.411 e. The Kier molecular flexibility index (Phi) is 7.44. The highest BCUT2D eigenvalue weighted by Gasteiger charge is 2.40. The number of rotatable bonds is 7. The molecule has 0 bridgehead atoms. The largest absolute Gasteiger partial charge is 0.496 e. The summed E-state index contributed by atoms with van der Waals surface area (Å²) in [6.45, 7) is 10.0. The molecule has 0 N–H and O–H groups in total. The first kappa shape index (κ1) is 27.1. The second-order valence-corrected chi connectivity index (χ2v) is 10.6. The van der Waals surface area contributed by atoms with Crippen molar-refractivity contribution in [3.63, 3.8) is 0 Å². The van der Waals surface area contributed by atoms with Crippen LogP contribution in [0.5, 0.6) is 5.75 Å². The Morgan fingerprint density at radius 2 is 1.73 bits per heavy atom. The summed E-state index contributed by atoms with van der Waals surface area (Å²) in [6.07, 6.45) is 1.06. The van der Waals surface area contributed by atoms with Gasteiger partial charge in [-0.3, -0.25) is 14.7 Å². The van der Waals surface area contributed by atoms with Crippen molar-refractivity contribution in [2.24, 2.45) is 0 Å².